The lowest BCUT2D eigenvalue weighted by Gasteiger charge is -2.11. The molecule has 1 aromatic carbocycles. The van der Waals surface area contributed by atoms with Gasteiger partial charge >= 0.3 is 5.97 Å². The van der Waals surface area contributed by atoms with E-state index in [0.717, 1.165) is 22.3 Å². The lowest BCUT2D eigenvalue weighted by atomic mass is 10.00. The van der Waals surface area contributed by atoms with Gasteiger partial charge in [0.15, 0.2) is 0 Å². The Kier molecular flexibility index (Phi) is 7.49. The molecule has 6 nitrogen and oxygen atoms in total. The van der Waals surface area contributed by atoms with Crippen molar-refractivity contribution < 1.29 is 9.53 Å². The van der Waals surface area contributed by atoms with Crippen molar-refractivity contribution in [1.82, 2.24) is 9.97 Å². The predicted octanol–water partition coefficient (Wildman–Crippen LogP) is 2.55. The summed E-state index contributed by atoms with van der Waals surface area (Å²) in [7, 11) is 1.31. The van der Waals surface area contributed by atoms with Crippen LogP contribution in [0.5, 0.6) is 0 Å². The maximum atomic E-state index is 11.8. The second-order valence-corrected chi connectivity index (χ2v) is 6.32. The summed E-state index contributed by atoms with van der Waals surface area (Å²) in [6.07, 6.45) is 6.21. The zero-order valence-corrected chi connectivity index (χ0v) is 16.2. The summed E-state index contributed by atoms with van der Waals surface area (Å²) in [6, 6.07) is 12.8. The molecule has 0 saturated heterocycles. The minimum absolute atomic E-state index is 0. The van der Waals surface area contributed by atoms with E-state index in [1.165, 1.54) is 7.11 Å². The molecule has 3 aromatic rings. The maximum absolute atomic E-state index is 11.8. The van der Waals surface area contributed by atoms with Crippen LogP contribution in [-0.4, -0.2) is 23.0 Å². The number of nitrogens with two attached hydrogens (primary N) is 1. The van der Waals surface area contributed by atoms with Gasteiger partial charge in [-0.05, 0) is 34.7 Å². The Bertz CT molecular complexity index is 986. The molecule has 0 fully saturated rings. The van der Waals surface area contributed by atoms with Gasteiger partial charge in [-0.1, -0.05) is 36.4 Å². The first kappa shape index (κ1) is 21.3. The van der Waals surface area contributed by atoms with Crippen molar-refractivity contribution in [1.29, 1.82) is 0 Å². The van der Waals surface area contributed by atoms with Crippen LogP contribution >= 0.6 is 12.4 Å². The molecule has 0 amide bonds. The highest BCUT2D eigenvalue weighted by Crippen LogP contribution is 2.16. The van der Waals surface area contributed by atoms with E-state index in [-0.39, 0.29) is 18.0 Å². The van der Waals surface area contributed by atoms with Gasteiger partial charge in [0.25, 0.3) is 5.56 Å². The Hall–Kier alpha value is -2.96. The Balaban J connectivity index is 0.00000280. The van der Waals surface area contributed by atoms with Gasteiger partial charge in [0.1, 0.15) is 6.04 Å². The van der Waals surface area contributed by atoms with Gasteiger partial charge in [0.2, 0.25) is 0 Å². The summed E-state index contributed by atoms with van der Waals surface area (Å²) >= 11 is 0. The quantitative estimate of drug-likeness (QED) is 0.621. The molecule has 0 aliphatic carbocycles. The molecule has 146 valence electrons. The van der Waals surface area contributed by atoms with E-state index in [4.69, 9.17) is 5.73 Å². The molecule has 2 heterocycles. The SMILES string of the molecule is COC(=O)C(N)c1cncc(Cc2ccc(Cc3ccc[nH]c3=O)cc2)c1.Cl. The maximum Gasteiger partial charge on any atom is 0.327 e. The van der Waals surface area contributed by atoms with Crippen molar-refractivity contribution in [3.63, 3.8) is 0 Å². The number of nitrogens with zero attached hydrogens (tertiary/aromatic N) is 1. The number of nitrogens with one attached hydrogen (secondary N) is 1. The lowest BCUT2D eigenvalue weighted by Crippen LogP contribution is -2.22. The Morgan fingerprint density at radius 1 is 1.11 bits per heavy atom. The smallest absolute Gasteiger partial charge is 0.327 e. The molecular weight excluding hydrogens is 378 g/mol. The van der Waals surface area contributed by atoms with Crippen LogP contribution in [0.3, 0.4) is 0 Å². The third-order valence-electron chi connectivity index (χ3n) is 4.36. The Morgan fingerprint density at radius 2 is 1.79 bits per heavy atom. The van der Waals surface area contributed by atoms with Gasteiger partial charge in [-0.3, -0.25) is 14.6 Å². The summed E-state index contributed by atoms with van der Waals surface area (Å²) < 4.78 is 4.68. The van der Waals surface area contributed by atoms with Crippen LogP contribution < -0.4 is 11.3 Å². The van der Waals surface area contributed by atoms with Gasteiger partial charge in [-0.2, -0.15) is 0 Å². The molecule has 0 spiro atoms. The van der Waals surface area contributed by atoms with E-state index < -0.39 is 12.0 Å². The molecule has 3 N–H and O–H groups in total. The molecule has 2 aromatic heterocycles. The number of aromatic amines is 1. The van der Waals surface area contributed by atoms with Crippen LogP contribution in [0.4, 0.5) is 0 Å². The fraction of sp³-hybridized carbons (Fsp3) is 0.190. The average molecular weight is 400 g/mol. The second-order valence-electron chi connectivity index (χ2n) is 6.32. The highest BCUT2D eigenvalue weighted by molar-refractivity contribution is 5.85. The monoisotopic (exact) mass is 399 g/mol. The number of methoxy groups -OCH3 is 1. The van der Waals surface area contributed by atoms with E-state index in [1.807, 2.05) is 42.5 Å². The van der Waals surface area contributed by atoms with Gasteiger partial charge in [-0.15, -0.1) is 12.4 Å². The average Bonchev–Trinajstić information content (AvgIpc) is 2.70. The van der Waals surface area contributed by atoms with Crippen LogP contribution in [0.2, 0.25) is 0 Å². The molecule has 0 aliphatic rings. The molecule has 7 heteroatoms. The van der Waals surface area contributed by atoms with Gasteiger partial charge in [0, 0.05) is 30.6 Å². The van der Waals surface area contributed by atoms with E-state index in [9.17, 15) is 9.59 Å². The first-order valence-electron chi connectivity index (χ1n) is 8.58. The number of carbonyl (C=O) groups excluding carboxylic acids is 1. The largest absolute Gasteiger partial charge is 0.468 e. The number of rotatable bonds is 6. The third-order valence-corrected chi connectivity index (χ3v) is 4.36. The van der Waals surface area contributed by atoms with Crippen LogP contribution in [-0.2, 0) is 22.4 Å². The van der Waals surface area contributed by atoms with Crippen molar-refractivity contribution >= 4 is 18.4 Å². The summed E-state index contributed by atoms with van der Waals surface area (Å²) in [6.45, 7) is 0. The zero-order valence-electron chi connectivity index (χ0n) is 15.4. The van der Waals surface area contributed by atoms with Crippen LogP contribution in [0, 0.1) is 0 Å². The topological polar surface area (TPSA) is 98.1 Å². The highest BCUT2D eigenvalue weighted by atomic mass is 35.5. The molecule has 1 atom stereocenters. The molecule has 0 saturated carbocycles. The minimum Gasteiger partial charge on any atom is -0.468 e. The molecule has 0 aliphatic heterocycles. The molecule has 28 heavy (non-hydrogen) atoms. The first-order chi connectivity index (χ1) is 13.1. The van der Waals surface area contributed by atoms with E-state index >= 15 is 0 Å². The third kappa shape index (κ3) is 5.28. The summed E-state index contributed by atoms with van der Waals surface area (Å²) in [5, 5.41) is 0. The Labute approximate surface area is 169 Å². The minimum atomic E-state index is -0.839. The van der Waals surface area contributed by atoms with Crippen molar-refractivity contribution in [2.24, 2.45) is 5.73 Å². The van der Waals surface area contributed by atoms with Crippen molar-refractivity contribution in [2.75, 3.05) is 7.11 Å². The highest BCUT2D eigenvalue weighted by Gasteiger charge is 2.16. The zero-order chi connectivity index (χ0) is 19.2. The standard InChI is InChI=1S/C21H21N3O3.ClH/c1-27-21(26)19(22)18-11-16(12-23-13-18)9-14-4-6-15(7-5-14)10-17-3-2-8-24-20(17)25;/h2-8,11-13,19H,9-10,22H2,1H3,(H,24,25);1H. The second kappa shape index (κ2) is 9.82. The molecule has 1 unspecified atom stereocenters. The number of benzene rings is 1. The predicted molar refractivity (Wildman–Crippen MR) is 110 cm³/mol. The normalized spacial score (nSPS) is 11.4. The molecular formula is C21H22ClN3O3. The number of hydrogen-bond acceptors (Lipinski definition) is 5. The number of pyridine rings is 2. The van der Waals surface area contributed by atoms with Crippen molar-refractivity contribution in [3.05, 3.63) is 99.2 Å². The number of aromatic nitrogens is 2. The summed E-state index contributed by atoms with van der Waals surface area (Å²) in [5.74, 6) is -0.491. The van der Waals surface area contributed by atoms with Crippen LogP contribution in [0.1, 0.15) is 33.9 Å². The van der Waals surface area contributed by atoms with Gasteiger partial charge in [0.05, 0.1) is 7.11 Å². The Morgan fingerprint density at radius 3 is 2.43 bits per heavy atom. The number of halogens is 1. The van der Waals surface area contributed by atoms with Crippen molar-refractivity contribution in [2.45, 2.75) is 18.9 Å². The number of carbonyl (C=O) groups is 1. The van der Waals surface area contributed by atoms with Crippen LogP contribution in [0.15, 0.2) is 65.8 Å². The number of ether oxygens (including phenoxy) is 1. The summed E-state index contributed by atoms with van der Waals surface area (Å²) in [4.78, 5) is 30.2. The lowest BCUT2D eigenvalue weighted by molar-refractivity contribution is -0.142. The number of H-pyrrole nitrogens is 1. The van der Waals surface area contributed by atoms with Crippen molar-refractivity contribution in [3.8, 4) is 0 Å². The van der Waals surface area contributed by atoms with Gasteiger partial charge < -0.3 is 15.5 Å². The summed E-state index contributed by atoms with van der Waals surface area (Å²) in [5.41, 5.74) is 10.3. The van der Waals surface area contributed by atoms with Crippen LogP contribution in [0.25, 0.3) is 0 Å². The van der Waals surface area contributed by atoms with E-state index in [1.54, 1.807) is 18.6 Å². The fourth-order valence-electron chi connectivity index (χ4n) is 2.86. The number of esters is 1. The molecule has 0 radical (unpaired) electrons. The van der Waals surface area contributed by atoms with E-state index in [0.29, 0.717) is 18.4 Å². The molecule has 0 bridgehead atoms. The number of hydrogen-bond donors (Lipinski definition) is 2. The van der Waals surface area contributed by atoms with Gasteiger partial charge in [-0.25, -0.2) is 0 Å². The first-order valence-corrected chi connectivity index (χ1v) is 8.58. The van der Waals surface area contributed by atoms with E-state index in [2.05, 4.69) is 14.7 Å². The fourth-order valence-corrected chi connectivity index (χ4v) is 2.86. The molecule has 3 rings (SSSR count).